The van der Waals surface area contributed by atoms with Gasteiger partial charge in [0.25, 0.3) is 0 Å². The summed E-state index contributed by atoms with van der Waals surface area (Å²) >= 11 is 0. The highest BCUT2D eigenvalue weighted by Crippen LogP contribution is 2.16. The number of hydrogen-bond donors (Lipinski definition) is 1. The molecule has 0 bridgehead atoms. The third-order valence-corrected chi connectivity index (χ3v) is 2.20. The Balaban J connectivity index is 2.07. The topological polar surface area (TPSA) is 51.0 Å². The highest BCUT2D eigenvalue weighted by molar-refractivity contribution is 5.50. The first-order chi connectivity index (χ1) is 7.65. The molecule has 0 radical (unpaired) electrons. The number of benzene rings is 1. The first-order valence-electron chi connectivity index (χ1n) is 4.94. The summed E-state index contributed by atoms with van der Waals surface area (Å²) in [4.78, 5) is 4.04. The summed E-state index contributed by atoms with van der Waals surface area (Å²) < 4.78 is 17.9. The molecular formula is C11H12FN3O. The van der Waals surface area contributed by atoms with E-state index >= 15 is 0 Å². The summed E-state index contributed by atoms with van der Waals surface area (Å²) in [7, 11) is 0. The molecule has 1 N–H and O–H groups in total. The van der Waals surface area contributed by atoms with Gasteiger partial charge in [0.2, 0.25) is 5.89 Å². The Hall–Kier alpha value is -1.91. The quantitative estimate of drug-likeness (QED) is 0.864. The van der Waals surface area contributed by atoms with Crippen LogP contribution in [0.4, 0.5) is 10.1 Å². The Morgan fingerprint density at radius 3 is 2.88 bits per heavy atom. The first kappa shape index (κ1) is 10.6. The highest BCUT2D eigenvalue weighted by atomic mass is 19.1. The standard InChI is InChI=1S/C11H12FN3O/c1-7-3-4-9(12)5-10(7)13-6-11-14-8(2)15-16-11/h3-5,13H,6H2,1-2H3. The van der Waals surface area contributed by atoms with Crippen LogP contribution in [0.5, 0.6) is 0 Å². The fourth-order valence-electron chi connectivity index (χ4n) is 1.37. The van der Waals surface area contributed by atoms with Crippen molar-refractivity contribution in [3.8, 4) is 0 Å². The molecule has 2 rings (SSSR count). The monoisotopic (exact) mass is 221 g/mol. The van der Waals surface area contributed by atoms with E-state index in [1.165, 1.54) is 12.1 Å². The van der Waals surface area contributed by atoms with Crippen LogP contribution in [0, 0.1) is 19.7 Å². The van der Waals surface area contributed by atoms with Gasteiger partial charge in [-0.25, -0.2) is 4.39 Å². The van der Waals surface area contributed by atoms with Gasteiger partial charge in [0.05, 0.1) is 6.54 Å². The molecule has 0 aliphatic heterocycles. The zero-order chi connectivity index (χ0) is 11.5. The maximum absolute atomic E-state index is 13.0. The Bertz CT molecular complexity index is 496. The second-order valence-corrected chi connectivity index (χ2v) is 3.55. The van der Waals surface area contributed by atoms with Gasteiger partial charge in [-0.05, 0) is 31.5 Å². The molecule has 0 spiro atoms. The van der Waals surface area contributed by atoms with Crippen LogP contribution in [0.3, 0.4) is 0 Å². The lowest BCUT2D eigenvalue weighted by molar-refractivity contribution is 0.379. The van der Waals surface area contributed by atoms with Crippen molar-refractivity contribution in [2.45, 2.75) is 20.4 Å². The summed E-state index contributed by atoms with van der Waals surface area (Å²) in [5, 5.41) is 6.72. The Labute approximate surface area is 92.5 Å². The molecule has 0 fully saturated rings. The molecule has 84 valence electrons. The molecule has 1 aromatic heterocycles. The third-order valence-electron chi connectivity index (χ3n) is 2.20. The van der Waals surface area contributed by atoms with Crippen molar-refractivity contribution < 1.29 is 8.91 Å². The van der Waals surface area contributed by atoms with E-state index in [4.69, 9.17) is 4.52 Å². The molecule has 16 heavy (non-hydrogen) atoms. The van der Waals surface area contributed by atoms with E-state index < -0.39 is 0 Å². The number of rotatable bonds is 3. The van der Waals surface area contributed by atoms with Crippen molar-refractivity contribution in [1.82, 2.24) is 10.1 Å². The van der Waals surface area contributed by atoms with Crippen LogP contribution in [0.15, 0.2) is 22.7 Å². The molecule has 0 aliphatic rings. The van der Waals surface area contributed by atoms with E-state index in [1.54, 1.807) is 13.0 Å². The lowest BCUT2D eigenvalue weighted by atomic mass is 10.2. The molecule has 0 saturated carbocycles. The van der Waals surface area contributed by atoms with Crippen LogP contribution in [0.25, 0.3) is 0 Å². The van der Waals surface area contributed by atoms with Crippen molar-refractivity contribution in [2.24, 2.45) is 0 Å². The van der Waals surface area contributed by atoms with Crippen LogP contribution in [0.2, 0.25) is 0 Å². The van der Waals surface area contributed by atoms with Crippen molar-refractivity contribution in [1.29, 1.82) is 0 Å². The Kier molecular flexibility index (Phi) is 2.85. The molecule has 1 aromatic carbocycles. The zero-order valence-electron chi connectivity index (χ0n) is 9.12. The fraction of sp³-hybridized carbons (Fsp3) is 0.273. The molecule has 0 unspecified atom stereocenters. The van der Waals surface area contributed by atoms with Gasteiger partial charge in [-0.2, -0.15) is 4.98 Å². The largest absolute Gasteiger partial charge is 0.376 e. The predicted octanol–water partition coefficient (Wildman–Crippen LogP) is 2.44. The van der Waals surface area contributed by atoms with E-state index in [2.05, 4.69) is 15.5 Å². The van der Waals surface area contributed by atoms with Gasteiger partial charge in [-0.15, -0.1) is 0 Å². The maximum Gasteiger partial charge on any atom is 0.245 e. The van der Waals surface area contributed by atoms with E-state index in [0.717, 1.165) is 11.3 Å². The molecule has 0 saturated heterocycles. The Morgan fingerprint density at radius 1 is 1.38 bits per heavy atom. The minimum atomic E-state index is -0.269. The fourth-order valence-corrected chi connectivity index (χ4v) is 1.37. The first-order valence-corrected chi connectivity index (χ1v) is 4.94. The van der Waals surface area contributed by atoms with Gasteiger partial charge in [0, 0.05) is 5.69 Å². The second-order valence-electron chi connectivity index (χ2n) is 3.55. The van der Waals surface area contributed by atoms with E-state index in [-0.39, 0.29) is 5.82 Å². The summed E-state index contributed by atoms with van der Waals surface area (Å²) in [5.41, 5.74) is 1.70. The number of aryl methyl sites for hydroxylation is 2. The minimum Gasteiger partial charge on any atom is -0.376 e. The number of nitrogens with one attached hydrogen (secondary N) is 1. The summed E-state index contributed by atoms with van der Waals surface area (Å²) in [6.45, 7) is 4.05. The molecule has 0 aliphatic carbocycles. The molecule has 1 heterocycles. The smallest absolute Gasteiger partial charge is 0.245 e. The third kappa shape index (κ3) is 2.36. The molecule has 2 aromatic rings. The van der Waals surface area contributed by atoms with Crippen LogP contribution in [0.1, 0.15) is 17.3 Å². The maximum atomic E-state index is 13.0. The normalized spacial score (nSPS) is 10.4. The molecule has 0 atom stereocenters. The molecule has 0 amide bonds. The van der Waals surface area contributed by atoms with Gasteiger partial charge in [-0.3, -0.25) is 0 Å². The van der Waals surface area contributed by atoms with Crippen LogP contribution < -0.4 is 5.32 Å². The SMILES string of the molecule is Cc1noc(CNc2cc(F)ccc2C)n1. The lowest BCUT2D eigenvalue weighted by Crippen LogP contribution is -2.01. The predicted molar refractivity (Wildman–Crippen MR) is 57.5 cm³/mol. The van der Waals surface area contributed by atoms with Crippen LogP contribution in [-0.2, 0) is 6.54 Å². The number of halogens is 1. The zero-order valence-corrected chi connectivity index (χ0v) is 9.12. The Morgan fingerprint density at radius 2 is 2.19 bits per heavy atom. The van der Waals surface area contributed by atoms with Crippen LogP contribution in [-0.4, -0.2) is 10.1 Å². The molecular weight excluding hydrogens is 209 g/mol. The van der Waals surface area contributed by atoms with Crippen molar-refractivity contribution in [2.75, 3.05) is 5.32 Å². The average molecular weight is 221 g/mol. The van der Waals surface area contributed by atoms with Crippen molar-refractivity contribution in [3.63, 3.8) is 0 Å². The van der Waals surface area contributed by atoms with Gasteiger partial charge in [0.1, 0.15) is 5.82 Å². The number of anilines is 1. The molecule has 5 heteroatoms. The second kappa shape index (κ2) is 4.30. The summed E-state index contributed by atoms with van der Waals surface area (Å²) in [6.07, 6.45) is 0. The van der Waals surface area contributed by atoms with Crippen molar-refractivity contribution in [3.05, 3.63) is 41.3 Å². The molecule has 4 nitrogen and oxygen atoms in total. The summed E-state index contributed by atoms with van der Waals surface area (Å²) in [6, 6.07) is 4.59. The van der Waals surface area contributed by atoms with Gasteiger partial charge < -0.3 is 9.84 Å². The van der Waals surface area contributed by atoms with Gasteiger partial charge >= 0.3 is 0 Å². The lowest BCUT2D eigenvalue weighted by Gasteiger charge is -2.06. The van der Waals surface area contributed by atoms with E-state index in [9.17, 15) is 4.39 Å². The summed E-state index contributed by atoms with van der Waals surface area (Å²) in [5.74, 6) is 0.809. The van der Waals surface area contributed by atoms with E-state index in [1.807, 2.05) is 6.92 Å². The van der Waals surface area contributed by atoms with E-state index in [0.29, 0.717) is 18.3 Å². The number of nitrogens with zero attached hydrogens (tertiary/aromatic N) is 2. The number of hydrogen-bond acceptors (Lipinski definition) is 4. The minimum absolute atomic E-state index is 0.269. The average Bonchev–Trinajstić information content (AvgIpc) is 2.66. The van der Waals surface area contributed by atoms with Gasteiger partial charge in [0.15, 0.2) is 5.82 Å². The van der Waals surface area contributed by atoms with Crippen molar-refractivity contribution >= 4 is 5.69 Å². The highest BCUT2D eigenvalue weighted by Gasteiger charge is 2.04. The van der Waals surface area contributed by atoms with Crippen LogP contribution >= 0.6 is 0 Å². The number of aromatic nitrogens is 2. The van der Waals surface area contributed by atoms with Gasteiger partial charge in [-0.1, -0.05) is 11.2 Å².